The highest BCUT2D eigenvalue weighted by Crippen LogP contribution is 2.26. The van der Waals surface area contributed by atoms with Crippen LogP contribution < -0.4 is 5.56 Å². The lowest BCUT2D eigenvalue weighted by Gasteiger charge is -2.09. The van der Waals surface area contributed by atoms with Gasteiger partial charge in [-0.2, -0.15) is 0 Å². The van der Waals surface area contributed by atoms with E-state index in [9.17, 15) is 4.79 Å². The molecule has 0 saturated heterocycles. The molecule has 0 aliphatic heterocycles. The highest BCUT2D eigenvalue weighted by Gasteiger charge is 2.11. The number of hydrogen-bond donors (Lipinski definition) is 2. The molecule has 106 valence electrons. The Kier molecular flexibility index (Phi) is 4.40. The number of aliphatic hydroxyl groups excluding tert-OH is 1. The lowest BCUT2D eigenvalue weighted by Crippen LogP contribution is -2.18. The number of rotatable bonds is 3. The molecule has 20 heavy (non-hydrogen) atoms. The minimum atomic E-state index is -0.181. The van der Waals surface area contributed by atoms with Gasteiger partial charge in [0.1, 0.15) is 5.82 Å². The van der Waals surface area contributed by atoms with Crippen molar-refractivity contribution in [3.05, 3.63) is 49.3 Å². The Morgan fingerprint density at radius 3 is 2.35 bits per heavy atom. The van der Waals surface area contributed by atoms with Crippen LogP contribution in [-0.2, 0) is 6.42 Å². The second-order valence-corrected chi connectivity index (χ2v) is 5.67. The zero-order chi connectivity index (χ0) is 14.9. The molecule has 0 unspecified atom stereocenters. The maximum absolute atomic E-state index is 12.0. The van der Waals surface area contributed by atoms with Crippen LogP contribution in [0.5, 0.6) is 0 Å². The molecule has 5 heteroatoms. The Morgan fingerprint density at radius 2 is 1.85 bits per heavy atom. The lowest BCUT2D eigenvalue weighted by atomic mass is 10.1. The van der Waals surface area contributed by atoms with E-state index in [1.54, 1.807) is 6.92 Å². The van der Waals surface area contributed by atoms with Crippen molar-refractivity contribution in [1.29, 1.82) is 0 Å². The molecule has 0 amide bonds. The monoisotopic (exact) mass is 336 g/mol. The van der Waals surface area contributed by atoms with E-state index >= 15 is 0 Å². The second kappa shape index (κ2) is 5.89. The van der Waals surface area contributed by atoms with Crippen molar-refractivity contribution in [3.63, 3.8) is 0 Å². The SMILES string of the molecule is Cc1cc(-c2nc(C)c(CCO)c(=O)[nH]2)cc(C)c1Br. The van der Waals surface area contributed by atoms with Gasteiger partial charge in [0.15, 0.2) is 0 Å². The summed E-state index contributed by atoms with van der Waals surface area (Å²) in [6.07, 6.45) is 0.326. The van der Waals surface area contributed by atoms with Gasteiger partial charge in [0.05, 0.1) is 0 Å². The number of halogens is 1. The van der Waals surface area contributed by atoms with Crippen LogP contribution in [0.15, 0.2) is 21.4 Å². The number of aliphatic hydroxyl groups is 1. The second-order valence-electron chi connectivity index (χ2n) is 4.88. The Morgan fingerprint density at radius 1 is 1.25 bits per heavy atom. The number of aromatic nitrogens is 2. The average molecular weight is 337 g/mol. The summed E-state index contributed by atoms with van der Waals surface area (Å²) in [6.45, 7) is 5.75. The predicted molar refractivity (Wildman–Crippen MR) is 83.0 cm³/mol. The van der Waals surface area contributed by atoms with Gasteiger partial charge >= 0.3 is 0 Å². The van der Waals surface area contributed by atoms with Gasteiger partial charge in [-0.05, 0) is 44.0 Å². The quantitative estimate of drug-likeness (QED) is 0.905. The van der Waals surface area contributed by atoms with Gasteiger partial charge in [0, 0.05) is 34.3 Å². The van der Waals surface area contributed by atoms with Gasteiger partial charge in [-0.25, -0.2) is 4.98 Å². The minimum absolute atomic E-state index is 0.0541. The van der Waals surface area contributed by atoms with E-state index in [4.69, 9.17) is 5.11 Å². The van der Waals surface area contributed by atoms with Crippen molar-refractivity contribution in [3.8, 4) is 11.4 Å². The van der Waals surface area contributed by atoms with Gasteiger partial charge in [0.2, 0.25) is 0 Å². The van der Waals surface area contributed by atoms with Crippen LogP contribution in [0, 0.1) is 20.8 Å². The molecule has 2 N–H and O–H groups in total. The van der Waals surface area contributed by atoms with Crippen LogP contribution in [0.4, 0.5) is 0 Å². The number of nitrogens with one attached hydrogen (secondary N) is 1. The van der Waals surface area contributed by atoms with Gasteiger partial charge in [-0.3, -0.25) is 4.79 Å². The largest absolute Gasteiger partial charge is 0.396 e. The zero-order valence-electron chi connectivity index (χ0n) is 11.7. The third-order valence-corrected chi connectivity index (χ3v) is 4.54. The molecule has 0 fully saturated rings. The Hall–Kier alpha value is -1.46. The van der Waals surface area contributed by atoms with Gasteiger partial charge in [0.25, 0.3) is 5.56 Å². The standard InChI is InChI=1S/C15H17BrN2O2/c1-8-6-11(7-9(2)13(8)16)14-17-10(3)12(4-5-19)15(20)18-14/h6-7,19H,4-5H2,1-3H3,(H,17,18,20). The fourth-order valence-electron chi connectivity index (χ4n) is 2.24. The lowest BCUT2D eigenvalue weighted by molar-refractivity contribution is 0.298. The van der Waals surface area contributed by atoms with Crippen LogP contribution in [0.2, 0.25) is 0 Å². The van der Waals surface area contributed by atoms with Crippen molar-refractivity contribution >= 4 is 15.9 Å². The maximum Gasteiger partial charge on any atom is 0.254 e. The molecule has 0 spiro atoms. The third kappa shape index (κ3) is 2.83. The smallest absolute Gasteiger partial charge is 0.254 e. The van der Waals surface area contributed by atoms with Crippen LogP contribution >= 0.6 is 15.9 Å². The predicted octanol–water partition coefficient (Wildman–Crippen LogP) is 2.66. The fourth-order valence-corrected chi connectivity index (χ4v) is 2.46. The molecule has 0 saturated carbocycles. The maximum atomic E-state index is 12.0. The first-order chi connectivity index (χ1) is 9.43. The van der Waals surface area contributed by atoms with Gasteiger partial charge in [-0.1, -0.05) is 15.9 Å². The van der Waals surface area contributed by atoms with E-state index in [2.05, 4.69) is 25.9 Å². The molecule has 0 radical (unpaired) electrons. The molecule has 1 heterocycles. The molecule has 2 rings (SSSR count). The molecule has 0 aliphatic rings. The van der Waals surface area contributed by atoms with E-state index in [1.165, 1.54) is 0 Å². The summed E-state index contributed by atoms with van der Waals surface area (Å²) >= 11 is 3.53. The first kappa shape index (κ1) is 14.9. The van der Waals surface area contributed by atoms with Crippen molar-refractivity contribution in [2.24, 2.45) is 0 Å². The molecule has 4 nitrogen and oxygen atoms in total. The van der Waals surface area contributed by atoms with Gasteiger partial charge in [-0.15, -0.1) is 0 Å². The minimum Gasteiger partial charge on any atom is -0.396 e. The normalized spacial score (nSPS) is 10.8. The summed E-state index contributed by atoms with van der Waals surface area (Å²) in [7, 11) is 0. The van der Waals surface area contributed by atoms with Crippen LogP contribution in [0.1, 0.15) is 22.4 Å². The number of H-pyrrole nitrogens is 1. The van der Waals surface area contributed by atoms with Crippen molar-refractivity contribution < 1.29 is 5.11 Å². The highest BCUT2D eigenvalue weighted by molar-refractivity contribution is 9.10. The summed E-state index contributed by atoms with van der Waals surface area (Å²) in [5.41, 5.74) is 4.11. The molecule has 1 aromatic heterocycles. The topological polar surface area (TPSA) is 66.0 Å². The number of aryl methyl sites for hydroxylation is 3. The average Bonchev–Trinajstić information content (AvgIpc) is 2.39. The number of hydrogen-bond acceptors (Lipinski definition) is 3. The Labute approximate surface area is 126 Å². The van der Waals surface area contributed by atoms with Crippen molar-refractivity contribution in [2.75, 3.05) is 6.61 Å². The molecule has 0 aliphatic carbocycles. The molecule has 0 atom stereocenters. The van der Waals surface area contributed by atoms with Crippen LogP contribution in [0.25, 0.3) is 11.4 Å². The summed E-state index contributed by atoms with van der Waals surface area (Å²) in [5.74, 6) is 0.563. The zero-order valence-corrected chi connectivity index (χ0v) is 13.3. The summed E-state index contributed by atoms with van der Waals surface area (Å²) in [5, 5.41) is 8.97. The summed E-state index contributed by atoms with van der Waals surface area (Å²) in [6, 6.07) is 3.97. The summed E-state index contributed by atoms with van der Waals surface area (Å²) in [4.78, 5) is 19.3. The van der Waals surface area contributed by atoms with Crippen LogP contribution in [0.3, 0.4) is 0 Å². The first-order valence-electron chi connectivity index (χ1n) is 6.41. The van der Waals surface area contributed by atoms with E-state index in [1.807, 2.05) is 26.0 Å². The Balaban J connectivity index is 2.57. The molecule has 0 bridgehead atoms. The van der Waals surface area contributed by atoms with Gasteiger partial charge < -0.3 is 10.1 Å². The van der Waals surface area contributed by atoms with Crippen molar-refractivity contribution in [1.82, 2.24) is 9.97 Å². The van der Waals surface area contributed by atoms with E-state index in [0.717, 1.165) is 21.2 Å². The first-order valence-corrected chi connectivity index (χ1v) is 7.21. The van der Waals surface area contributed by atoms with E-state index < -0.39 is 0 Å². The summed E-state index contributed by atoms with van der Waals surface area (Å²) < 4.78 is 1.07. The number of benzene rings is 1. The number of nitrogens with zero attached hydrogens (tertiary/aromatic N) is 1. The molecule has 2 aromatic rings. The highest BCUT2D eigenvalue weighted by atomic mass is 79.9. The molecule has 1 aromatic carbocycles. The van der Waals surface area contributed by atoms with E-state index in [-0.39, 0.29) is 12.2 Å². The fraction of sp³-hybridized carbons (Fsp3) is 0.333. The molecular weight excluding hydrogens is 320 g/mol. The number of aromatic amines is 1. The molecular formula is C15H17BrN2O2. The third-order valence-electron chi connectivity index (χ3n) is 3.29. The Bertz CT molecular complexity index is 685. The van der Waals surface area contributed by atoms with Crippen LogP contribution in [-0.4, -0.2) is 21.7 Å². The van der Waals surface area contributed by atoms with Crippen molar-refractivity contribution in [2.45, 2.75) is 27.2 Å². The van der Waals surface area contributed by atoms with E-state index in [0.29, 0.717) is 23.5 Å².